The first-order valence-corrected chi connectivity index (χ1v) is 9.49. The minimum Gasteiger partial charge on any atom is -0.490 e. The van der Waals surface area contributed by atoms with Crippen molar-refractivity contribution in [2.75, 3.05) is 6.61 Å². The maximum Gasteiger partial charge on any atom is 0.161 e. The molecule has 2 aliphatic heterocycles. The smallest absolute Gasteiger partial charge is 0.161 e. The first-order chi connectivity index (χ1) is 12.5. The molecule has 1 aromatic carbocycles. The fourth-order valence-electron chi connectivity index (χ4n) is 2.95. The molecule has 0 saturated heterocycles. The summed E-state index contributed by atoms with van der Waals surface area (Å²) in [4.78, 5) is 0. The molecule has 142 valence electrons. The minimum absolute atomic E-state index is 0.122. The summed E-state index contributed by atoms with van der Waals surface area (Å²) < 4.78 is 17.0. The largest absolute Gasteiger partial charge is 0.490 e. The minimum atomic E-state index is 0.122. The van der Waals surface area contributed by atoms with Crippen LogP contribution in [0.1, 0.15) is 39.7 Å². The van der Waals surface area contributed by atoms with E-state index in [0.717, 1.165) is 12.2 Å². The Balaban J connectivity index is 0.000000187. The molecule has 1 aromatic rings. The van der Waals surface area contributed by atoms with Crippen molar-refractivity contribution in [2.24, 2.45) is 11.8 Å². The van der Waals surface area contributed by atoms with E-state index >= 15 is 0 Å². The highest BCUT2D eigenvalue weighted by Gasteiger charge is 2.23. The Morgan fingerprint density at radius 2 is 1.58 bits per heavy atom. The third-order valence-electron chi connectivity index (χ3n) is 4.73. The summed E-state index contributed by atoms with van der Waals surface area (Å²) in [6.45, 7) is 16.6. The SMILES string of the molecule is C=CC1=C(C=C)OC(C(C)C)CO1.CC(C)C1CCc2ccccc2O1. The van der Waals surface area contributed by atoms with Crippen molar-refractivity contribution >= 4 is 0 Å². The van der Waals surface area contributed by atoms with E-state index < -0.39 is 0 Å². The number of fused-ring (bicyclic) bond motifs is 1. The van der Waals surface area contributed by atoms with Crippen LogP contribution in [0.4, 0.5) is 0 Å². The van der Waals surface area contributed by atoms with E-state index in [1.165, 1.54) is 12.0 Å². The van der Waals surface area contributed by atoms with Crippen LogP contribution < -0.4 is 4.74 Å². The molecule has 0 fully saturated rings. The van der Waals surface area contributed by atoms with E-state index in [9.17, 15) is 0 Å². The Labute approximate surface area is 158 Å². The predicted octanol–water partition coefficient (Wildman–Crippen LogP) is 5.68. The first-order valence-electron chi connectivity index (χ1n) is 9.49. The molecule has 0 aliphatic carbocycles. The molecule has 0 saturated carbocycles. The topological polar surface area (TPSA) is 27.7 Å². The highest BCUT2D eigenvalue weighted by atomic mass is 16.6. The lowest BCUT2D eigenvalue weighted by molar-refractivity contribution is -0.0165. The van der Waals surface area contributed by atoms with Crippen LogP contribution in [0, 0.1) is 11.8 Å². The molecule has 0 amide bonds. The second kappa shape index (κ2) is 9.51. The van der Waals surface area contributed by atoms with Gasteiger partial charge < -0.3 is 14.2 Å². The summed E-state index contributed by atoms with van der Waals surface area (Å²) in [6, 6.07) is 8.36. The van der Waals surface area contributed by atoms with Crippen LogP contribution >= 0.6 is 0 Å². The van der Waals surface area contributed by atoms with E-state index in [4.69, 9.17) is 14.2 Å². The van der Waals surface area contributed by atoms with Gasteiger partial charge in [-0.3, -0.25) is 0 Å². The molecule has 0 radical (unpaired) electrons. The molecule has 0 N–H and O–H groups in total. The number of benzene rings is 1. The van der Waals surface area contributed by atoms with Gasteiger partial charge in [0.1, 0.15) is 24.6 Å². The Kier molecular flexibility index (Phi) is 7.38. The highest BCUT2D eigenvalue weighted by Crippen LogP contribution is 2.29. The number of hydrogen-bond donors (Lipinski definition) is 0. The highest BCUT2D eigenvalue weighted by molar-refractivity contribution is 5.35. The van der Waals surface area contributed by atoms with Crippen LogP contribution in [0.5, 0.6) is 5.75 Å². The van der Waals surface area contributed by atoms with Crippen molar-refractivity contribution < 1.29 is 14.2 Å². The van der Waals surface area contributed by atoms with Gasteiger partial charge in [0.15, 0.2) is 11.5 Å². The Hall–Kier alpha value is -2.16. The maximum absolute atomic E-state index is 5.89. The normalized spacial score (nSPS) is 21.6. The van der Waals surface area contributed by atoms with Gasteiger partial charge in [-0.15, -0.1) is 0 Å². The van der Waals surface area contributed by atoms with Crippen molar-refractivity contribution in [3.63, 3.8) is 0 Å². The van der Waals surface area contributed by atoms with Gasteiger partial charge in [0.2, 0.25) is 0 Å². The molecule has 0 aromatic heterocycles. The van der Waals surface area contributed by atoms with Crippen LogP contribution in [-0.4, -0.2) is 18.8 Å². The van der Waals surface area contributed by atoms with Crippen molar-refractivity contribution in [3.8, 4) is 5.75 Å². The third kappa shape index (κ3) is 5.17. The second-order valence-corrected chi connectivity index (χ2v) is 7.39. The number of allylic oxidation sites excluding steroid dienone is 2. The molecular formula is C23H32O3. The second-order valence-electron chi connectivity index (χ2n) is 7.39. The van der Waals surface area contributed by atoms with Crippen LogP contribution in [-0.2, 0) is 15.9 Å². The average Bonchev–Trinajstić information content (AvgIpc) is 2.67. The van der Waals surface area contributed by atoms with Gasteiger partial charge in [0, 0.05) is 0 Å². The monoisotopic (exact) mass is 356 g/mol. The fourth-order valence-corrected chi connectivity index (χ4v) is 2.95. The quantitative estimate of drug-likeness (QED) is 0.695. The summed E-state index contributed by atoms with van der Waals surface area (Å²) in [7, 11) is 0. The van der Waals surface area contributed by atoms with Crippen molar-refractivity contribution in [2.45, 2.75) is 52.7 Å². The lowest BCUT2D eigenvalue weighted by Gasteiger charge is -2.28. The van der Waals surface area contributed by atoms with Gasteiger partial charge in [-0.1, -0.05) is 59.1 Å². The Morgan fingerprint density at radius 1 is 0.923 bits per heavy atom. The summed E-state index contributed by atoms with van der Waals surface area (Å²) in [5.41, 5.74) is 1.36. The molecule has 0 spiro atoms. The standard InChI is InChI=1S/C12H16O.C11H16O2/c1-9(2)11-8-7-10-5-3-4-6-12(10)13-11;1-5-9-10(6-2)13-11(7-12-9)8(3)4/h3-6,9,11H,7-8H2,1-2H3;5-6,8,11H,1-2,7H2,3-4H3. The Morgan fingerprint density at radius 3 is 2.19 bits per heavy atom. The fraction of sp³-hybridized carbons (Fsp3) is 0.478. The predicted molar refractivity (Wildman–Crippen MR) is 107 cm³/mol. The molecule has 2 atom stereocenters. The van der Waals surface area contributed by atoms with Gasteiger partial charge in [0.25, 0.3) is 0 Å². The summed E-state index contributed by atoms with van der Waals surface area (Å²) in [6.07, 6.45) is 6.17. The van der Waals surface area contributed by atoms with Crippen LogP contribution in [0.15, 0.2) is 61.1 Å². The number of aryl methyl sites for hydroxylation is 1. The molecule has 2 aliphatic rings. The molecule has 26 heavy (non-hydrogen) atoms. The molecule has 3 heteroatoms. The van der Waals surface area contributed by atoms with Gasteiger partial charge in [-0.25, -0.2) is 0 Å². The van der Waals surface area contributed by atoms with Gasteiger partial charge in [-0.05, 0) is 48.5 Å². The van der Waals surface area contributed by atoms with Crippen LogP contribution in [0.2, 0.25) is 0 Å². The number of hydrogen-bond acceptors (Lipinski definition) is 3. The zero-order chi connectivity index (χ0) is 19.1. The number of para-hydroxylation sites is 1. The molecule has 2 unspecified atom stereocenters. The summed E-state index contributed by atoms with van der Waals surface area (Å²) in [5, 5.41) is 0. The van der Waals surface area contributed by atoms with Crippen molar-refractivity contribution in [1.29, 1.82) is 0 Å². The van der Waals surface area contributed by atoms with Gasteiger partial charge >= 0.3 is 0 Å². The molecule has 0 bridgehead atoms. The van der Waals surface area contributed by atoms with E-state index in [2.05, 4.69) is 59.1 Å². The molecule has 3 rings (SSSR count). The van der Waals surface area contributed by atoms with Crippen LogP contribution in [0.25, 0.3) is 0 Å². The van der Waals surface area contributed by atoms with Crippen LogP contribution in [0.3, 0.4) is 0 Å². The van der Waals surface area contributed by atoms with E-state index in [0.29, 0.717) is 36.1 Å². The Bertz CT molecular complexity index is 643. The number of ether oxygens (including phenoxy) is 3. The zero-order valence-corrected chi connectivity index (χ0v) is 16.5. The molecule has 3 nitrogen and oxygen atoms in total. The summed E-state index contributed by atoms with van der Waals surface area (Å²) in [5.74, 6) is 3.54. The molecule has 2 heterocycles. The van der Waals surface area contributed by atoms with E-state index in [1.807, 2.05) is 6.07 Å². The number of rotatable bonds is 4. The van der Waals surface area contributed by atoms with Gasteiger partial charge in [0.05, 0.1) is 0 Å². The van der Waals surface area contributed by atoms with Crippen molar-refractivity contribution in [3.05, 3.63) is 66.7 Å². The maximum atomic E-state index is 5.89. The average molecular weight is 357 g/mol. The lowest BCUT2D eigenvalue weighted by atomic mass is 9.96. The summed E-state index contributed by atoms with van der Waals surface area (Å²) >= 11 is 0. The third-order valence-corrected chi connectivity index (χ3v) is 4.73. The van der Waals surface area contributed by atoms with E-state index in [1.54, 1.807) is 12.2 Å². The van der Waals surface area contributed by atoms with Crippen molar-refractivity contribution in [1.82, 2.24) is 0 Å². The lowest BCUT2D eigenvalue weighted by Crippen LogP contribution is -2.29. The van der Waals surface area contributed by atoms with E-state index in [-0.39, 0.29) is 6.10 Å². The first kappa shape index (κ1) is 20.2. The zero-order valence-electron chi connectivity index (χ0n) is 16.5. The molecular weight excluding hydrogens is 324 g/mol. The van der Waals surface area contributed by atoms with Gasteiger partial charge in [-0.2, -0.15) is 0 Å².